The van der Waals surface area contributed by atoms with Gasteiger partial charge in [0.1, 0.15) is 9.88 Å². The molecular weight excluding hydrogens is 488 g/mol. The van der Waals surface area contributed by atoms with Crippen LogP contribution in [0.15, 0.2) is 39.3 Å². The van der Waals surface area contributed by atoms with Crippen LogP contribution in [-0.4, -0.2) is 36.2 Å². The van der Waals surface area contributed by atoms with E-state index in [1.165, 1.54) is 6.07 Å². The summed E-state index contributed by atoms with van der Waals surface area (Å²) in [4.78, 5) is 37.7. The van der Waals surface area contributed by atoms with Crippen LogP contribution in [-0.2, 0) is 9.47 Å². The molecule has 1 aromatic carbocycles. The van der Waals surface area contributed by atoms with E-state index in [1.807, 2.05) is 24.3 Å². The van der Waals surface area contributed by atoms with Crippen LogP contribution in [0.4, 0.5) is 5.00 Å². The SMILES string of the molecule is CCOC(=O)c1sc(NC(=O)c2cc(-c3ccc(Br)cc3)on2)c(C(=O)OCC)c1C. The number of carbonyl (C=O) groups excluding carboxylic acids is 3. The third kappa shape index (κ3) is 5.02. The minimum Gasteiger partial charge on any atom is -0.462 e. The largest absolute Gasteiger partial charge is 0.462 e. The lowest BCUT2D eigenvalue weighted by atomic mass is 10.1. The van der Waals surface area contributed by atoms with Crippen molar-refractivity contribution in [3.05, 3.63) is 56.5 Å². The van der Waals surface area contributed by atoms with Gasteiger partial charge in [-0.1, -0.05) is 33.2 Å². The number of aromatic nitrogens is 1. The molecule has 0 aliphatic carbocycles. The number of amides is 1. The lowest BCUT2D eigenvalue weighted by Gasteiger charge is -2.05. The first-order valence-electron chi connectivity index (χ1n) is 9.37. The Kier molecular flexibility index (Phi) is 7.24. The number of benzene rings is 1. The van der Waals surface area contributed by atoms with Crippen molar-refractivity contribution in [3.63, 3.8) is 0 Å². The monoisotopic (exact) mass is 506 g/mol. The lowest BCUT2D eigenvalue weighted by Crippen LogP contribution is -2.15. The van der Waals surface area contributed by atoms with Gasteiger partial charge in [0.05, 0.1) is 18.8 Å². The Morgan fingerprint density at radius 1 is 1.10 bits per heavy atom. The molecule has 0 saturated heterocycles. The van der Waals surface area contributed by atoms with Gasteiger partial charge in [0.15, 0.2) is 11.5 Å². The molecular formula is C21H19BrN2O6S. The Hall–Kier alpha value is -2.98. The summed E-state index contributed by atoms with van der Waals surface area (Å²) < 4.78 is 16.3. The predicted octanol–water partition coefficient (Wildman–Crippen LogP) is 5.08. The normalized spacial score (nSPS) is 10.6. The summed E-state index contributed by atoms with van der Waals surface area (Å²) in [7, 11) is 0. The smallest absolute Gasteiger partial charge is 0.348 e. The van der Waals surface area contributed by atoms with Crippen LogP contribution < -0.4 is 5.32 Å². The van der Waals surface area contributed by atoms with E-state index in [0.717, 1.165) is 21.4 Å². The Balaban J connectivity index is 1.89. The van der Waals surface area contributed by atoms with Crippen LogP contribution in [0, 0.1) is 6.92 Å². The van der Waals surface area contributed by atoms with Crippen molar-refractivity contribution in [2.24, 2.45) is 0 Å². The maximum absolute atomic E-state index is 12.8. The molecule has 0 aliphatic heterocycles. The number of halogens is 1. The summed E-state index contributed by atoms with van der Waals surface area (Å²) >= 11 is 4.31. The molecule has 1 amide bonds. The number of nitrogens with zero attached hydrogens (tertiary/aromatic N) is 1. The Labute approximate surface area is 190 Å². The highest BCUT2D eigenvalue weighted by molar-refractivity contribution is 9.10. The molecule has 0 aliphatic rings. The quantitative estimate of drug-likeness (QED) is 0.445. The number of thiophene rings is 1. The summed E-state index contributed by atoms with van der Waals surface area (Å²) in [5.41, 5.74) is 1.27. The number of esters is 2. The molecule has 2 heterocycles. The molecule has 0 unspecified atom stereocenters. The Bertz CT molecular complexity index is 1120. The second-order valence-electron chi connectivity index (χ2n) is 6.24. The fourth-order valence-corrected chi connectivity index (χ4v) is 4.09. The van der Waals surface area contributed by atoms with Gasteiger partial charge in [0, 0.05) is 16.1 Å². The average molecular weight is 507 g/mol. The van der Waals surface area contributed by atoms with E-state index in [4.69, 9.17) is 14.0 Å². The van der Waals surface area contributed by atoms with E-state index in [0.29, 0.717) is 11.3 Å². The maximum Gasteiger partial charge on any atom is 0.348 e. The van der Waals surface area contributed by atoms with Crippen LogP contribution >= 0.6 is 27.3 Å². The molecule has 0 fully saturated rings. The Morgan fingerprint density at radius 2 is 1.74 bits per heavy atom. The molecule has 0 bridgehead atoms. The standard InChI is InChI=1S/C21H19BrN2O6S/c1-4-28-20(26)16-11(3)17(21(27)29-5-2)31-19(16)23-18(25)14-10-15(30-24-14)12-6-8-13(22)9-7-12/h6-10H,4-5H2,1-3H3,(H,23,25). The second kappa shape index (κ2) is 9.88. The number of hydrogen-bond donors (Lipinski definition) is 1. The molecule has 10 heteroatoms. The van der Waals surface area contributed by atoms with Crippen LogP contribution in [0.5, 0.6) is 0 Å². The number of nitrogens with one attached hydrogen (secondary N) is 1. The first-order chi connectivity index (χ1) is 14.8. The molecule has 0 saturated carbocycles. The number of carbonyl (C=O) groups is 3. The van der Waals surface area contributed by atoms with Crippen LogP contribution in [0.2, 0.25) is 0 Å². The van der Waals surface area contributed by atoms with Gasteiger partial charge in [-0.25, -0.2) is 9.59 Å². The minimum atomic E-state index is -0.641. The van der Waals surface area contributed by atoms with Gasteiger partial charge in [-0.05, 0) is 38.5 Å². The highest BCUT2D eigenvalue weighted by Gasteiger charge is 2.28. The van der Waals surface area contributed by atoms with Gasteiger partial charge >= 0.3 is 11.9 Å². The fourth-order valence-electron chi connectivity index (χ4n) is 2.74. The van der Waals surface area contributed by atoms with E-state index in [1.54, 1.807) is 20.8 Å². The molecule has 8 nitrogen and oxygen atoms in total. The molecule has 1 N–H and O–H groups in total. The van der Waals surface area contributed by atoms with E-state index >= 15 is 0 Å². The van der Waals surface area contributed by atoms with Crippen LogP contribution in [0.3, 0.4) is 0 Å². The van der Waals surface area contributed by atoms with Gasteiger partial charge < -0.3 is 19.3 Å². The number of rotatable bonds is 7. The van der Waals surface area contributed by atoms with Crippen LogP contribution in [0.25, 0.3) is 11.3 Å². The van der Waals surface area contributed by atoms with Gasteiger partial charge in [-0.3, -0.25) is 4.79 Å². The zero-order valence-electron chi connectivity index (χ0n) is 17.0. The van der Waals surface area contributed by atoms with Gasteiger partial charge in [-0.2, -0.15) is 0 Å². The first-order valence-corrected chi connectivity index (χ1v) is 11.0. The topological polar surface area (TPSA) is 108 Å². The van der Waals surface area contributed by atoms with E-state index in [-0.39, 0.29) is 34.3 Å². The van der Waals surface area contributed by atoms with Gasteiger partial charge in [0.25, 0.3) is 5.91 Å². The summed E-state index contributed by atoms with van der Waals surface area (Å²) in [6.07, 6.45) is 0. The lowest BCUT2D eigenvalue weighted by molar-refractivity contribution is 0.0527. The van der Waals surface area contributed by atoms with Crippen molar-refractivity contribution in [1.82, 2.24) is 5.16 Å². The molecule has 3 rings (SSSR count). The maximum atomic E-state index is 12.8. The molecule has 3 aromatic rings. The fraction of sp³-hybridized carbons (Fsp3) is 0.238. The Morgan fingerprint density at radius 3 is 2.39 bits per heavy atom. The van der Waals surface area contributed by atoms with Crippen molar-refractivity contribution >= 4 is 50.1 Å². The minimum absolute atomic E-state index is 0.0245. The second-order valence-corrected chi connectivity index (χ2v) is 8.17. The molecule has 0 spiro atoms. The van der Waals surface area contributed by atoms with Crippen molar-refractivity contribution in [2.75, 3.05) is 18.5 Å². The zero-order valence-corrected chi connectivity index (χ0v) is 19.4. The molecule has 162 valence electrons. The van der Waals surface area contributed by atoms with Crippen molar-refractivity contribution in [2.45, 2.75) is 20.8 Å². The van der Waals surface area contributed by atoms with E-state index in [9.17, 15) is 14.4 Å². The third-order valence-corrected chi connectivity index (χ3v) is 5.90. The molecule has 0 radical (unpaired) electrons. The van der Waals surface area contributed by atoms with Crippen LogP contribution in [0.1, 0.15) is 49.9 Å². The number of hydrogen-bond acceptors (Lipinski definition) is 8. The van der Waals surface area contributed by atoms with E-state index in [2.05, 4.69) is 26.4 Å². The summed E-state index contributed by atoms with van der Waals surface area (Å²) in [6.45, 7) is 5.29. The molecule has 0 atom stereocenters. The van der Waals surface area contributed by atoms with E-state index < -0.39 is 17.8 Å². The average Bonchev–Trinajstić information content (AvgIpc) is 3.34. The summed E-state index contributed by atoms with van der Waals surface area (Å²) in [5, 5.41) is 6.63. The highest BCUT2D eigenvalue weighted by atomic mass is 79.9. The van der Waals surface area contributed by atoms with Crippen molar-refractivity contribution < 1.29 is 28.4 Å². The number of ether oxygens (including phenoxy) is 2. The molecule has 31 heavy (non-hydrogen) atoms. The third-order valence-electron chi connectivity index (χ3n) is 4.19. The number of anilines is 1. The zero-order chi connectivity index (χ0) is 22.5. The highest BCUT2D eigenvalue weighted by Crippen LogP contribution is 2.35. The first kappa shape index (κ1) is 22.7. The van der Waals surface area contributed by atoms with Crippen molar-refractivity contribution in [1.29, 1.82) is 0 Å². The van der Waals surface area contributed by atoms with Gasteiger partial charge in [-0.15, -0.1) is 11.3 Å². The predicted molar refractivity (Wildman–Crippen MR) is 119 cm³/mol. The van der Waals surface area contributed by atoms with Crippen molar-refractivity contribution in [3.8, 4) is 11.3 Å². The van der Waals surface area contributed by atoms with Gasteiger partial charge in [0.2, 0.25) is 0 Å². The summed E-state index contributed by atoms with van der Waals surface area (Å²) in [5.74, 6) is -1.39. The summed E-state index contributed by atoms with van der Waals surface area (Å²) in [6, 6.07) is 8.82. The molecule has 2 aromatic heterocycles.